The summed E-state index contributed by atoms with van der Waals surface area (Å²) >= 11 is 5.30. The molecular weight excluding hydrogens is 202 g/mol. The van der Waals surface area contributed by atoms with Crippen molar-refractivity contribution in [1.29, 1.82) is 0 Å². The van der Waals surface area contributed by atoms with Crippen LogP contribution in [0.4, 0.5) is 8.78 Å². The van der Waals surface area contributed by atoms with Gasteiger partial charge in [0.25, 0.3) is 0 Å². The Bertz CT molecular complexity index is 352. The standard InChI is InChI=1S/C8H5ClF2O2/c1-13-8-4(3-12)2-5(9)6(10)7(8)11/h2-3H,1H3. The molecule has 2 nitrogen and oxygen atoms in total. The average molecular weight is 207 g/mol. The largest absolute Gasteiger partial charge is 0.493 e. The summed E-state index contributed by atoms with van der Waals surface area (Å²) < 4.78 is 30.3. The van der Waals surface area contributed by atoms with Crippen LogP contribution in [0.3, 0.4) is 0 Å². The lowest BCUT2D eigenvalue weighted by Gasteiger charge is -2.06. The topological polar surface area (TPSA) is 26.3 Å². The molecule has 70 valence electrons. The predicted octanol–water partition coefficient (Wildman–Crippen LogP) is 2.44. The molecule has 5 heteroatoms. The van der Waals surface area contributed by atoms with Crippen LogP contribution >= 0.6 is 11.6 Å². The van der Waals surface area contributed by atoms with Gasteiger partial charge >= 0.3 is 0 Å². The van der Waals surface area contributed by atoms with Gasteiger partial charge in [0, 0.05) is 0 Å². The van der Waals surface area contributed by atoms with E-state index in [1.807, 2.05) is 0 Å². The maximum atomic E-state index is 13.0. The third kappa shape index (κ3) is 1.62. The maximum Gasteiger partial charge on any atom is 0.202 e. The molecule has 0 bridgehead atoms. The van der Waals surface area contributed by atoms with Crippen LogP contribution in [-0.2, 0) is 0 Å². The molecule has 0 fully saturated rings. The molecule has 0 radical (unpaired) electrons. The fraction of sp³-hybridized carbons (Fsp3) is 0.125. The zero-order chi connectivity index (χ0) is 10.0. The Hall–Kier alpha value is -1.16. The number of methoxy groups -OCH3 is 1. The highest BCUT2D eigenvalue weighted by Crippen LogP contribution is 2.28. The van der Waals surface area contributed by atoms with Crippen LogP contribution in [0.25, 0.3) is 0 Å². The van der Waals surface area contributed by atoms with Crippen LogP contribution in [0.2, 0.25) is 5.02 Å². The van der Waals surface area contributed by atoms with Gasteiger partial charge in [-0.2, -0.15) is 4.39 Å². The minimum Gasteiger partial charge on any atom is -0.493 e. The van der Waals surface area contributed by atoms with Crippen molar-refractivity contribution in [3.05, 3.63) is 28.3 Å². The van der Waals surface area contributed by atoms with Crippen molar-refractivity contribution in [2.75, 3.05) is 7.11 Å². The molecule has 0 saturated carbocycles. The minimum absolute atomic E-state index is 0.119. The van der Waals surface area contributed by atoms with Crippen molar-refractivity contribution in [2.45, 2.75) is 0 Å². The zero-order valence-electron chi connectivity index (χ0n) is 6.61. The maximum absolute atomic E-state index is 13.0. The fourth-order valence-electron chi connectivity index (χ4n) is 0.892. The number of hydrogen-bond acceptors (Lipinski definition) is 2. The number of hydrogen-bond donors (Lipinski definition) is 0. The van der Waals surface area contributed by atoms with E-state index < -0.39 is 22.4 Å². The Labute approximate surface area is 78.1 Å². The molecule has 0 aliphatic heterocycles. The van der Waals surface area contributed by atoms with E-state index in [1.54, 1.807) is 0 Å². The molecule has 0 aliphatic rings. The van der Waals surface area contributed by atoms with Crippen molar-refractivity contribution in [2.24, 2.45) is 0 Å². The van der Waals surface area contributed by atoms with E-state index in [4.69, 9.17) is 11.6 Å². The number of halogens is 3. The lowest BCUT2D eigenvalue weighted by Crippen LogP contribution is -1.98. The Morgan fingerprint density at radius 2 is 2.08 bits per heavy atom. The Kier molecular flexibility index (Phi) is 2.83. The van der Waals surface area contributed by atoms with Crippen molar-refractivity contribution in [1.82, 2.24) is 0 Å². The van der Waals surface area contributed by atoms with E-state index in [2.05, 4.69) is 4.74 Å². The molecule has 0 aromatic heterocycles. The first kappa shape index (κ1) is 9.92. The first-order valence-electron chi connectivity index (χ1n) is 3.28. The number of aldehydes is 1. The highest BCUT2D eigenvalue weighted by Gasteiger charge is 2.17. The molecule has 0 spiro atoms. The quantitative estimate of drug-likeness (QED) is 0.549. The molecule has 0 aliphatic carbocycles. The van der Waals surface area contributed by atoms with E-state index in [9.17, 15) is 13.6 Å². The van der Waals surface area contributed by atoms with Crippen LogP contribution in [0.1, 0.15) is 10.4 Å². The Morgan fingerprint density at radius 1 is 1.46 bits per heavy atom. The van der Waals surface area contributed by atoms with Crippen molar-refractivity contribution in [3.63, 3.8) is 0 Å². The van der Waals surface area contributed by atoms with E-state index >= 15 is 0 Å². The molecular formula is C8H5ClF2O2. The molecule has 0 amide bonds. The Morgan fingerprint density at radius 3 is 2.54 bits per heavy atom. The first-order valence-corrected chi connectivity index (χ1v) is 3.66. The number of carbonyl (C=O) groups excluding carboxylic acids is 1. The van der Waals surface area contributed by atoms with Crippen molar-refractivity contribution >= 4 is 17.9 Å². The summed E-state index contributed by atoms with van der Waals surface area (Å²) in [6.07, 6.45) is 0.341. The number of benzene rings is 1. The van der Waals surface area contributed by atoms with E-state index in [0.29, 0.717) is 6.29 Å². The van der Waals surface area contributed by atoms with Gasteiger partial charge < -0.3 is 4.74 Å². The van der Waals surface area contributed by atoms with Crippen LogP contribution in [0.15, 0.2) is 6.07 Å². The predicted molar refractivity (Wildman–Crippen MR) is 43.3 cm³/mol. The second-order valence-corrected chi connectivity index (χ2v) is 2.63. The normalized spacial score (nSPS) is 9.85. The highest BCUT2D eigenvalue weighted by molar-refractivity contribution is 6.31. The van der Waals surface area contributed by atoms with Gasteiger partial charge in [-0.1, -0.05) is 11.6 Å². The summed E-state index contributed by atoms with van der Waals surface area (Å²) in [6.45, 7) is 0. The Balaban J connectivity index is 3.47. The van der Waals surface area contributed by atoms with Gasteiger partial charge in [-0.15, -0.1) is 0 Å². The smallest absolute Gasteiger partial charge is 0.202 e. The van der Waals surface area contributed by atoms with Crippen LogP contribution in [0, 0.1) is 11.6 Å². The molecule has 0 unspecified atom stereocenters. The van der Waals surface area contributed by atoms with E-state index in [1.165, 1.54) is 0 Å². The number of rotatable bonds is 2. The fourth-order valence-corrected chi connectivity index (χ4v) is 1.09. The van der Waals surface area contributed by atoms with Gasteiger partial charge in [0.15, 0.2) is 17.9 Å². The summed E-state index contributed by atoms with van der Waals surface area (Å²) in [5.74, 6) is -2.90. The minimum atomic E-state index is -1.25. The molecule has 1 aromatic rings. The molecule has 13 heavy (non-hydrogen) atoms. The average Bonchev–Trinajstić information content (AvgIpc) is 2.13. The van der Waals surface area contributed by atoms with Crippen molar-refractivity contribution in [3.8, 4) is 5.75 Å². The molecule has 0 atom stereocenters. The molecule has 1 rings (SSSR count). The molecule has 1 aromatic carbocycles. The second kappa shape index (κ2) is 3.70. The molecule has 0 saturated heterocycles. The SMILES string of the molecule is COc1c(C=O)cc(Cl)c(F)c1F. The van der Waals surface area contributed by atoms with Crippen LogP contribution in [-0.4, -0.2) is 13.4 Å². The highest BCUT2D eigenvalue weighted by atomic mass is 35.5. The van der Waals surface area contributed by atoms with Gasteiger partial charge in [0.2, 0.25) is 5.82 Å². The summed E-state index contributed by atoms with van der Waals surface area (Å²) in [4.78, 5) is 10.4. The summed E-state index contributed by atoms with van der Waals surface area (Å²) in [7, 11) is 1.14. The third-order valence-electron chi connectivity index (χ3n) is 1.48. The van der Waals surface area contributed by atoms with Crippen LogP contribution in [0.5, 0.6) is 5.75 Å². The number of carbonyl (C=O) groups is 1. The van der Waals surface area contributed by atoms with E-state index in [0.717, 1.165) is 13.2 Å². The monoisotopic (exact) mass is 206 g/mol. The van der Waals surface area contributed by atoms with E-state index in [-0.39, 0.29) is 5.56 Å². The van der Waals surface area contributed by atoms with Gasteiger partial charge in [0.05, 0.1) is 17.7 Å². The van der Waals surface area contributed by atoms with Gasteiger partial charge in [-0.25, -0.2) is 4.39 Å². The lowest BCUT2D eigenvalue weighted by molar-refractivity contribution is 0.111. The summed E-state index contributed by atoms with van der Waals surface area (Å²) in [5.41, 5.74) is -0.119. The first-order chi connectivity index (χ1) is 6.11. The van der Waals surface area contributed by atoms with Gasteiger partial charge in [0.1, 0.15) is 0 Å². The zero-order valence-corrected chi connectivity index (χ0v) is 7.36. The number of ether oxygens (including phenoxy) is 1. The summed E-state index contributed by atoms with van der Waals surface area (Å²) in [6, 6.07) is 1.01. The van der Waals surface area contributed by atoms with Crippen LogP contribution < -0.4 is 4.74 Å². The second-order valence-electron chi connectivity index (χ2n) is 2.23. The summed E-state index contributed by atoms with van der Waals surface area (Å²) in [5, 5.41) is -0.444. The third-order valence-corrected chi connectivity index (χ3v) is 1.75. The van der Waals surface area contributed by atoms with Crippen molar-refractivity contribution < 1.29 is 18.3 Å². The molecule has 0 N–H and O–H groups in total. The lowest BCUT2D eigenvalue weighted by atomic mass is 10.2. The van der Waals surface area contributed by atoms with Gasteiger partial charge in [-0.3, -0.25) is 4.79 Å². The van der Waals surface area contributed by atoms with Gasteiger partial charge in [-0.05, 0) is 6.07 Å². The molecule has 0 heterocycles.